The Morgan fingerprint density at radius 2 is 1.30 bits per heavy atom. The third kappa shape index (κ3) is 5.53. The van der Waals surface area contributed by atoms with E-state index >= 15 is 0 Å². The lowest BCUT2D eigenvalue weighted by molar-refractivity contribution is -0.378. The van der Waals surface area contributed by atoms with Gasteiger partial charge in [0, 0.05) is 0 Å². The molecular formula is C42H66O15. The van der Waals surface area contributed by atoms with E-state index in [2.05, 4.69) is 34.6 Å². The summed E-state index contributed by atoms with van der Waals surface area (Å²) in [4.78, 5) is 13.7. The third-order valence-corrected chi connectivity index (χ3v) is 18.0. The highest BCUT2D eigenvalue weighted by Crippen LogP contribution is 2.77. The van der Waals surface area contributed by atoms with E-state index in [1.165, 1.54) is 0 Å². The van der Waals surface area contributed by atoms with E-state index < -0.39 is 114 Å². The van der Waals surface area contributed by atoms with Crippen LogP contribution in [0.5, 0.6) is 0 Å². The quantitative estimate of drug-likeness (QED) is 0.101. The number of hydrogen-bond acceptors (Lipinski definition) is 15. The first-order valence-corrected chi connectivity index (χ1v) is 21.1. The van der Waals surface area contributed by atoms with Crippen LogP contribution in [-0.2, 0) is 28.5 Å². The molecule has 2 bridgehead atoms. The van der Waals surface area contributed by atoms with Gasteiger partial charge >= 0.3 is 5.97 Å². The number of carbonyl (C=O) groups excluding carboxylic acids is 1. The number of aliphatic hydroxyl groups is 9. The molecule has 9 N–H and O–H groups in total. The molecule has 1 spiro atoms. The van der Waals surface area contributed by atoms with Crippen molar-refractivity contribution in [2.45, 2.75) is 191 Å². The summed E-state index contributed by atoms with van der Waals surface area (Å²) in [5.41, 5.74) is -3.38. The SMILES string of the molecule is CC1(C)[C@@H](O[C@@H]2O[C@H](CO)[C@@H](O)[C@H](O)[C@H]2O[C@@H]2O[C@H](CO)[C@@H](O)[C@H](O)[C@H]2O)CC[C@]2(C)[C@H]3C[C@@H](O)C4=C5[C@]6(CC[C@](C)(OC6=O)[C@]5(C)O)CC[C@@]4(C)[C@]3(C)CC[C@@H]12. The third-order valence-electron chi connectivity index (χ3n) is 18.0. The summed E-state index contributed by atoms with van der Waals surface area (Å²) in [6.07, 6.45) is -10.8. The first kappa shape index (κ1) is 42.4. The number of esters is 1. The van der Waals surface area contributed by atoms with E-state index in [0.717, 1.165) is 24.8 Å². The van der Waals surface area contributed by atoms with Crippen LogP contribution in [0.3, 0.4) is 0 Å². The van der Waals surface area contributed by atoms with Crippen LogP contribution in [-0.4, -0.2) is 150 Å². The van der Waals surface area contributed by atoms with Gasteiger partial charge in [0.1, 0.15) is 60.0 Å². The average molecular weight is 811 g/mol. The average Bonchev–Trinajstić information content (AvgIpc) is 3.14. The Kier molecular flexibility index (Phi) is 10.1. The molecule has 4 saturated heterocycles. The van der Waals surface area contributed by atoms with E-state index in [-0.39, 0.29) is 28.6 Å². The van der Waals surface area contributed by atoms with Crippen LogP contribution in [0.15, 0.2) is 11.1 Å². The Morgan fingerprint density at radius 3 is 1.93 bits per heavy atom. The summed E-state index contributed by atoms with van der Waals surface area (Å²) in [5.74, 6) is -0.0979. The first-order chi connectivity index (χ1) is 26.5. The maximum Gasteiger partial charge on any atom is 0.317 e. The molecule has 57 heavy (non-hydrogen) atoms. The van der Waals surface area contributed by atoms with Crippen molar-refractivity contribution in [3.8, 4) is 0 Å². The summed E-state index contributed by atoms with van der Waals surface area (Å²) in [7, 11) is 0. The van der Waals surface area contributed by atoms with Gasteiger partial charge in [-0.05, 0) is 116 Å². The van der Waals surface area contributed by atoms with Crippen LogP contribution in [0.4, 0.5) is 0 Å². The maximum absolute atomic E-state index is 13.7. The van der Waals surface area contributed by atoms with Crippen molar-refractivity contribution in [1.82, 2.24) is 0 Å². The van der Waals surface area contributed by atoms with Crippen molar-refractivity contribution in [3.05, 3.63) is 11.1 Å². The molecule has 9 rings (SSSR count). The Morgan fingerprint density at radius 1 is 0.684 bits per heavy atom. The molecule has 4 aliphatic heterocycles. The number of hydrogen-bond donors (Lipinski definition) is 9. The molecule has 15 nitrogen and oxygen atoms in total. The molecule has 0 amide bonds. The normalized spacial score (nSPS) is 56.9. The van der Waals surface area contributed by atoms with Gasteiger partial charge < -0.3 is 69.6 Å². The Bertz CT molecular complexity index is 1630. The van der Waals surface area contributed by atoms with Crippen LogP contribution < -0.4 is 0 Å². The van der Waals surface area contributed by atoms with Crippen molar-refractivity contribution >= 4 is 5.97 Å². The molecule has 0 aromatic rings. The highest BCUT2D eigenvalue weighted by molar-refractivity contribution is 5.86. The molecular weight excluding hydrogens is 744 g/mol. The number of rotatable bonds is 6. The summed E-state index contributed by atoms with van der Waals surface area (Å²) >= 11 is 0. The van der Waals surface area contributed by atoms with Crippen molar-refractivity contribution < 1.29 is 74.4 Å². The van der Waals surface area contributed by atoms with Gasteiger partial charge in [-0.15, -0.1) is 0 Å². The molecule has 0 unspecified atom stereocenters. The minimum Gasteiger partial charge on any atom is -0.455 e. The van der Waals surface area contributed by atoms with Crippen molar-refractivity contribution in [1.29, 1.82) is 0 Å². The monoisotopic (exact) mass is 810 g/mol. The molecule has 5 aliphatic carbocycles. The van der Waals surface area contributed by atoms with Gasteiger partial charge in [0.05, 0.1) is 30.8 Å². The molecule has 0 aromatic carbocycles. The second-order valence-corrected chi connectivity index (χ2v) is 20.7. The summed E-state index contributed by atoms with van der Waals surface area (Å²) < 4.78 is 30.3. The second-order valence-electron chi connectivity index (χ2n) is 20.7. The lowest BCUT2D eigenvalue weighted by atomic mass is 9.33. The van der Waals surface area contributed by atoms with E-state index in [4.69, 9.17) is 23.7 Å². The van der Waals surface area contributed by atoms with Gasteiger partial charge in [-0.2, -0.15) is 0 Å². The molecule has 324 valence electrons. The largest absolute Gasteiger partial charge is 0.455 e. The van der Waals surface area contributed by atoms with Crippen LogP contribution in [0, 0.1) is 38.9 Å². The minimum absolute atomic E-state index is 0.0829. The van der Waals surface area contributed by atoms with Gasteiger partial charge in [0.15, 0.2) is 12.6 Å². The summed E-state index contributed by atoms with van der Waals surface area (Å²) in [6.45, 7) is 13.5. The number of fused-ring (bicyclic) bond motifs is 7. The van der Waals surface area contributed by atoms with E-state index in [1.807, 2.05) is 6.92 Å². The van der Waals surface area contributed by atoms with Crippen molar-refractivity contribution in [3.63, 3.8) is 0 Å². The fourth-order valence-corrected chi connectivity index (χ4v) is 14.2. The number of ether oxygens (including phenoxy) is 5. The molecule has 9 aliphatic rings. The second kappa shape index (κ2) is 13.6. The molecule has 0 radical (unpaired) electrons. The van der Waals surface area contributed by atoms with Crippen molar-refractivity contribution in [2.75, 3.05) is 13.2 Å². The Balaban J connectivity index is 1.08. The molecule has 0 aromatic heterocycles. The Labute approximate surface area is 334 Å². The fraction of sp³-hybridized carbons (Fsp3) is 0.929. The van der Waals surface area contributed by atoms with Gasteiger partial charge in [0.2, 0.25) is 0 Å². The van der Waals surface area contributed by atoms with Crippen LogP contribution in [0.2, 0.25) is 0 Å². The lowest BCUT2D eigenvalue weighted by Gasteiger charge is -2.73. The van der Waals surface area contributed by atoms with Gasteiger partial charge in [-0.25, -0.2) is 0 Å². The van der Waals surface area contributed by atoms with Gasteiger partial charge in [-0.3, -0.25) is 4.79 Å². The number of carbonyl (C=O) groups is 1. The van der Waals surface area contributed by atoms with E-state index in [1.54, 1.807) is 6.92 Å². The molecule has 8 fully saturated rings. The molecule has 4 saturated carbocycles. The Hall–Kier alpha value is -1.31. The summed E-state index contributed by atoms with van der Waals surface area (Å²) in [5, 5.41) is 98.2. The smallest absolute Gasteiger partial charge is 0.317 e. The van der Waals surface area contributed by atoms with Crippen LogP contribution in [0.1, 0.15) is 106 Å². The van der Waals surface area contributed by atoms with E-state index in [9.17, 15) is 50.8 Å². The highest BCUT2D eigenvalue weighted by atomic mass is 16.8. The first-order valence-electron chi connectivity index (χ1n) is 21.1. The summed E-state index contributed by atoms with van der Waals surface area (Å²) in [6, 6.07) is 0. The molecule has 20 atom stereocenters. The molecule has 4 heterocycles. The predicted molar refractivity (Wildman–Crippen MR) is 198 cm³/mol. The van der Waals surface area contributed by atoms with Crippen molar-refractivity contribution in [2.24, 2.45) is 38.9 Å². The van der Waals surface area contributed by atoms with E-state index in [0.29, 0.717) is 44.1 Å². The standard InChI is InChI=1S/C42H66O15/c1-36(2)22-8-11-38(4)23(16-19(45)25-32-41(7,52)40(6)13-15-42(32,35(51)57-40)14-12-39(25,38)5)37(22,3)10-9-24(36)55-34-31(29(49)27(47)21(18-44)54-34)56-33-30(50)28(48)26(46)20(17-43)53-33/h19-24,26-31,33-34,43-50,52H,8-18H2,1-7H3/t19-,20-,21-,22+,23-,24+,26-,27-,28+,29+,30-,31-,33+,34+,37+,38-,39-,40+,41-,42-/m1/s1. The zero-order chi connectivity index (χ0) is 41.6. The number of aliphatic hydroxyl groups excluding tert-OH is 8. The minimum atomic E-state index is -1.78. The van der Waals surface area contributed by atoms with Gasteiger partial charge in [0.25, 0.3) is 0 Å². The fourth-order valence-electron chi connectivity index (χ4n) is 14.2. The lowest BCUT2D eigenvalue weighted by Crippen LogP contribution is -2.72. The zero-order valence-corrected chi connectivity index (χ0v) is 34.3. The molecule has 15 heteroatoms. The van der Waals surface area contributed by atoms with Gasteiger partial charge in [-0.1, -0.05) is 34.6 Å². The zero-order valence-electron chi connectivity index (χ0n) is 34.3. The maximum atomic E-state index is 13.7. The highest BCUT2D eigenvalue weighted by Gasteiger charge is 2.75. The topological polar surface area (TPSA) is 245 Å². The predicted octanol–water partition coefficient (Wildman–Crippen LogP) is 0.563. The van der Waals surface area contributed by atoms with Crippen LogP contribution >= 0.6 is 0 Å². The van der Waals surface area contributed by atoms with Crippen LogP contribution in [0.25, 0.3) is 0 Å².